The summed E-state index contributed by atoms with van der Waals surface area (Å²) in [6.07, 6.45) is 3.16. The monoisotopic (exact) mass is 182 g/mol. The van der Waals surface area contributed by atoms with Crippen LogP contribution >= 0.6 is 0 Å². The van der Waals surface area contributed by atoms with Crippen molar-refractivity contribution in [2.45, 2.75) is 0 Å². The average Bonchev–Trinajstić information content (AvgIpc) is 2.16. The quantitative estimate of drug-likeness (QED) is 0.403. The standard InChI is InChI=1S/C8H10N2O3/c9-5-6(8(13)7(5)12)10-3-1-2-4-11/h1-2,10-11H,3-4,9H2/b2-1-. The van der Waals surface area contributed by atoms with Gasteiger partial charge in [-0.1, -0.05) is 12.2 Å². The van der Waals surface area contributed by atoms with E-state index in [4.69, 9.17) is 10.8 Å². The number of nitrogens with one attached hydrogen (secondary N) is 1. The average molecular weight is 182 g/mol. The number of aliphatic hydroxyl groups excluding tert-OH is 1. The normalized spacial score (nSPS) is 11.2. The first-order valence-electron chi connectivity index (χ1n) is 3.77. The molecular weight excluding hydrogens is 172 g/mol. The van der Waals surface area contributed by atoms with Gasteiger partial charge in [0.05, 0.1) is 6.61 Å². The van der Waals surface area contributed by atoms with E-state index in [1.807, 2.05) is 0 Å². The molecule has 1 aromatic carbocycles. The second-order valence-corrected chi connectivity index (χ2v) is 2.48. The van der Waals surface area contributed by atoms with Gasteiger partial charge >= 0.3 is 0 Å². The Balaban J connectivity index is 2.53. The zero-order valence-electron chi connectivity index (χ0n) is 6.91. The van der Waals surface area contributed by atoms with Gasteiger partial charge in [0.2, 0.25) is 0 Å². The number of hydrogen-bond donors (Lipinski definition) is 3. The highest BCUT2D eigenvalue weighted by atomic mass is 16.2. The molecule has 0 aromatic heterocycles. The van der Waals surface area contributed by atoms with E-state index in [0.29, 0.717) is 6.54 Å². The lowest BCUT2D eigenvalue weighted by atomic mass is 10.2. The Morgan fingerprint density at radius 1 is 1.31 bits per heavy atom. The fourth-order valence-corrected chi connectivity index (χ4v) is 0.904. The molecule has 0 aliphatic carbocycles. The third-order valence-electron chi connectivity index (χ3n) is 1.62. The molecule has 0 spiro atoms. The van der Waals surface area contributed by atoms with E-state index in [2.05, 4.69) is 5.32 Å². The highest BCUT2D eigenvalue weighted by Crippen LogP contribution is 2.07. The van der Waals surface area contributed by atoms with Crippen molar-refractivity contribution in [2.24, 2.45) is 0 Å². The van der Waals surface area contributed by atoms with Gasteiger partial charge in [0, 0.05) is 6.54 Å². The van der Waals surface area contributed by atoms with Crippen LogP contribution in [0.4, 0.5) is 11.4 Å². The topological polar surface area (TPSA) is 92.4 Å². The Morgan fingerprint density at radius 2 is 2.00 bits per heavy atom. The van der Waals surface area contributed by atoms with E-state index in [-0.39, 0.29) is 18.0 Å². The van der Waals surface area contributed by atoms with Crippen molar-refractivity contribution in [3.8, 4) is 0 Å². The van der Waals surface area contributed by atoms with E-state index < -0.39 is 10.9 Å². The van der Waals surface area contributed by atoms with Crippen molar-refractivity contribution in [1.29, 1.82) is 0 Å². The molecule has 0 aliphatic rings. The van der Waals surface area contributed by atoms with E-state index in [9.17, 15) is 9.59 Å². The van der Waals surface area contributed by atoms with Gasteiger partial charge < -0.3 is 16.2 Å². The van der Waals surface area contributed by atoms with Crippen LogP contribution in [-0.4, -0.2) is 18.3 Å². The number of aliphatic hydroxyl groups is 1. The molecule has 0 amide bonds. The lowest BCUT2D eigenvalue weighted by Crippen LogP contribution is -2.37. The lowest BCUT2D eigenvalue weighted by molar-refractivity contribution is 0.342. The molecule has 0 fully saturated rings. The molecule has 0 radical (unpaired) electrons. The molecule has 5 heteroatoms. The predicted molar refractivity (Wildman–Crippen MR) is 50.5 cm³/mol. The Morgan fingerprint density at radius 3 is 2.54 bits per heavy atom. The summed E-state index contributed by atoms with van der Waals surface area (Å²) in [5.74, 6) is 0. The van der Waals surface area contributed by atoms with Crippen molar-refractivity contribution < 1.29 is 5.11 Å². The molecule has 4 N–H and O–H groups in total. The number of hydrogen-bond acceptors (Lipinski definition) is 5. The minimum atomic E-state index is -0.631. The largest absolute Gasteiger partial charge is 0.394 e. The van der Waals surface area contributed by atoms with E-state index in [1.165, 1.54) is 6.08 Å². The molecule has 70 valence electrons. The summed E-state index contributed by atoms with van der Waals surface area (Å²) in [6, 6.07) is 0. The van der Waals surface area contributed by atoms with Gasteiger partial charge in [0.25, 0.3) is 10.9 Å². The van der Waals surface area contributed by atoms with Crippen molar-refractivity contribution in [2.75, 3.05) is 24.2 Å². The highest BCUT2D eigenvalue weighted by Gasteiger charge is 2.16. The third-order valence-corrected chi connectivity index (χ3v) is 1.62. The first-order chi connectivity index (χ1) is 6.18. The molecule has 0 atom stereocenters. The highest BCUT2D eigenvalue weighted by molar-refractivity contribution is 5.71. The first-order valence-corrected chi connectivity index (χ1v) is 3.77. The maximum atomic E-state index is 10.8. The molecule has 0 heterocycles. The van der Waals surface area contributed by atoms with Crippen LogP contribution in [0.3, 0.4) is 0 Å². The van der Waals surface area contributed by atoms with Crippen LogP contribution in [0.15, 0.2) is 21.7 Å². The summed E-state index contributed by atoms with van der Waals surface area (Å²) in [7, 11) is 0. The van der Waals surface area contributed by atoms with Crippen LogP contribution in [0.2, 0.25) is 0 Å². The fourth-order valence-electron chi connectivity index (χ4n) is 0.904. The van der Waals surface area contributed by atoms with Crippen LogP contribution in [0.5, 0.6) is 0 Å². The zero-order chi connectivity index (χ0) is 9.84. The summed E-state index contributed by atoms with van der Waals surface area (Å²) in [4.78, 5) is 21.4. The molecule has 0 saturated heterocycles. The fraction of sp³-hybridized carbons (Fsp3) is 0.250. The predicted octanol–water partition coefficient (Wildman–Crippen LogP) is -1.17. The Bertz CT molecular complexity index is 388. The van der Waals surface area contributed by atoms with Gasteiger partial charge in [0.1, 0.15) is 11.4 Å². The molecule has 13 heavy (non-hydrogen) atoms. The van der Waals surface area contributed by atoms with Gasteiger partial charge in [-0.25, -0.2) is 0 Å². The molecule has 0 bridgehead atoms. The molecule has 5 nitrogen and oxygen atoms in total. The van der Waals surface area contributed by atoms with Crippen LogP contribution in [0.1, 0.15) is 0 Å². The molecule has 0 saturated carbocycles. The van der Waals surface area contributed by atoms with Gasteiger partial charge in [-0.3, -0.25) is 9.59 Å². The van der Waals surface area contributed by atoms with Crippen LogP contribution in [0, 0.1) is 0 Å². The van der Waals surface area contributed by atoms with Crippen LogP contribution in [-0.2, 0) is 0 Å². The third kappa shape index (κ3) is 1.75. The lowest BCUT2D eigenvalue weighted by Gasteiger charge is -2.06. The summed E-state index contributed by atoms with van der Waals surface area (Å²) in [6.45, 7) is 0.318. The van der Waals surface area contributed by atoms with E-state index >= 15 is 0 Å². The van der Waals surface area contributed by atoms with Crippen molar-refractivity contribution in [3.63, 3.8) is 0 Å². The number of nitrogens with two attached hydrogens (primary N) is 1. The summed E-state index contributed by atoms with van der Waals surface area (Å²) in [5.41, 5.74) is 4.20. The molecule has 1 rings (SSSR count). The first kappa shape index (κ1) is 9.47. The molecule has 1 aromatic rings. The minimum Gasteiger partial charge on any atom is -0.394 e. The Labute approximate surface area is 74.2 Å². The van der Waals surface area contributed by atoms with E-state index in [1.54, 1.807) is 6.08 Å². The number of nitrogen functional groups attached to an aromatic ring is 1. The Hall–Kier alpha value is -1.62. The van der Waals surface area contributed by atoms with Crippen molar-refractivity contribution in [1.82, 2.24) is 0 Å². The van der Waals surface area contributed by atoms with Crippen LogP contribution in [0.25, 0.3) is 0 Å². The van der Waals surface area contributed by atoms with Crippen molar-refractivity contribution in [3.05, 3.63) is 32.6 Å². The minimum absolute atomic E-state index is 0.0117. The molecule has 0 aliphatic heterocycles. The summed E-state index contributed by atoms with van der Waals surface area (Å²) in [5, 5.41) is 11.0. The maximum Gasteiger partial charge on any atom is 0.253 e. The second-order valence-electron chi connectivity index (χ2n) is 2.48. The molecular formula is C8H10N2O3. The van der Waals surface area contributed by atoms with Gasteiger partial charge in [0.15, 0.2) is 0 Å². The summed E-state index contributed by atoms with van der Waals surface area (Å²) < 4.78 is 0. The number of anilines is 2. The summed E-state index contributed by atoms with van der Waals surface area (Å²) >= 11 is 0. The van der Waals surface area contributed by atoms with Crippen LogP contribution < -0.4 is 21.9 Å². The van der Waals surface area contributed by atoms with Gasteiger partial charge in [-0.2, -0.15) is 0 Å². The van der Waals surface area contributed by atoms with Gasteiger partial charge in [-0.15, -0.1) is 0 Å². The number of rotatable bonds is 4. The van der Waals surface area contributed by atoms with Crippen molar-refractivity contribution >= 4 is 11.4 Å². The zero-order valence-corrected chi connectivity index (χ0v) is 6.91. The molecule has 0 unspecified atom stereocenters. The van der Waals surface area contributed by atoms with E-state index in [0.717, 1.165) is 0 Å². The second kappa shape index (κ2) is 3.86. The Kier molecular flexibility index (Phi) is 2.81. The smallest absolute Gasteiger partial charge is 0.253 e. The van der Waals surface area contributed by atoms with Gasteiger partial charge in [-0.05, 0) is 0 Å². The SMILES string of the molecule is Nc1c(NC/C=C\CO)c(=O)c1=O. The maximum absolute atomic E-state index is 10.8.